The smallest absolute Gasteiger partial charge is 0.220 e. The average Bonchev–Trinajstić information content (AvgIpc) is 3.43. The number of hydrogen-bond acceptors (Lipinski definition) is 4. The van der Waals surface area contributed by atoms with Crippen molar-refractivity contribution in [2.75, 3.05) is 0 Å². The molecular formula is C22H17F3N4O2. The number of imidazole rings is 1. The monoisotopic (exact) mass is 426 g/mol. The summed E-state index contributed by atoms with van der Waals surface area (Å²) >= 11 is 0. The lowest BCUT2D eigenvalue weighted by molar-refractivity contribution is -0.121. The van der Waals surface area contributed by atoms with Gasteiger partial charge in [0.05, 0.1) is 23.8 Å². The van der Waals surface area contributed by atoms with E-state index in [0.717, 1.165) is 12.1 Å². The van der Waals surface area contributed by atoms with Crippen LogP contribution in [0.3, 0.4) is 0 Å². The summed E-state index contributed by atoms with van der Waals surface area (Å²) in [6, 6.07) is 7.83. The molecule has 0 fully saturated rings. The Balaban J connectivity index is 1.30. The van der Waals surface area contributed by atoms with Gasteiger partial charge in [-0.05, 0) is 29.8 Å². The van der Waals surface area contributed by atoms with Crippen LogP contribution in [0.25, 0.3) is 17.0 Å². The van der Waals surface area contributed by atoms with Gasteiger partial charge in [0, 0.05) is 37.8 Å². The van der Waals surface area contributed by atoms with Crippen LogP contribution in [0.1, 0.15) is 17.9 Å². The molecule has 0 spiro atoms. The van der Waals surface area contributed by atoms with Crippen LogP contribution >= 0.6 is 0 Å². The number of aromatic nitrogens is 3. The lowest BCUT2D eigenvalue weighted by Gasteiger charge is -2.08. The van der Waals surface area contributed by atoms with E-state index < -0.39 is 17.5 Å². The highest BCUT2D eigenvalue weighted by molar-refractivity contribution is 5.76. The van der Waals surface area contributed by atoms with Gasteiger partial charge in [-0.15, -0.1) is 0 Å². The second-order valence-electron chi connectivity index (χ2n) is 6.77. The first-order valence-electron chi connectivity index (χ1n) is 9.43. The van der Waals surface area contributed by atoms with Gasteiger partial charge in [-0.1, -0.05) is 6.07 Å². The van der Waals surface area contributed by atoms with Crippen molar-refractivity contribution in [2.45, 2.75) is 19.4 Å². The Kier molecular flexibility index (Phi) is 5.83. The fourth-order valence-electron chi connectivity index (χ4n) is 3.02. The maximum atomic E-state index is 14.3. The van der Waals surface area contributed by atoms with Crippen LogP contribution in [0, 0.1) is 17.5 Å². The molecule has 0 aliphatic carbocycles. The van der Waals surface area contributed by atoms with E-state index in [1.165, 1.54) is 24.7 Å². The summed E-state index contributed by atoms with van der Waals surface area (Å²) in [5, 5.41) is 2.71. The Bertz CT molecular complexity index is 1210. The lowest BCUT2D eigenvalue weighted by atomic mass is 10.2. The van der Waals surface area contributed by atoms with E-state index in [2.05, 4.69) is 15.3 Å². The van der Waals surface area contributed by atoms with E-state index in [9.17, 15) is 18.0 Å². The standard InChI is InChI=1S/C22H17F3N4O2/c23-15-2-3-16(17(24)10-15)20-12-28-22(31-20)6-5-21(30)27-11-14-1-4-19(18(25)9-14)29-8-7-26-13-29/h1-4,7-10,12-13H,5-6,11H2,(H,27,30). The summed E-state index contributed by atoms with van der Waals surface area (Å²) in [5.41, 5.74) is 1.07. The van der Waals surface area contributed by atoms with Gasteiger partial charge in [-0.3, -0.25) is 4.79 Å². The van der Waals surface area contributed by atoms with Crippen molar-refractivity contribution in [3.8, 4) is 17.0 Å². The lowest BCUT2D eigenvalue weighted by Crippen LogP contribution is -2.23. The highest BCUT2D eigenvalue weighted by atomic mass is 19.1. The van der Waals surface area contributed by atoms with Gasteiger partial charge in [0.1, 0.15) is 17.5 Å². The molecule has 158 valence electrons. The number of oxazole rings is 1. The molecule has 0 aliphatic heterocycles. The average molecular weight is 426 g/mol. The van der Waals surface area contributed by atoms with E-state index >= 15 is 0 Å². The van der Waals surface area contributed by atoms with Gasteiger partial charge in [0.2, 0.25) is 5.91 Å². The summed E-state index contributed by atoms with van der Waals surface area (Å²) in [7, 11) is 0. The summed E-state index contributed by atoms with van der Waals surface area (Å²) in [5.74, 6) is -1.73. The number of hydrogen-bond donors (Lipinski definition) is 1. The number of carbonyl (C=O) groups excluding carboxylic acids is 1. The summed E-state index contributed by atoms with van der Waals surface area (Å²) in [6.45, 7) is 0.164. The third-order valence-corrected chi connectivity index (χ3v) is 4.60. The van der Waals surface area contributed by atoms with Crippen molar-refractivity contribution in [1.82, 2.24) is 19.9 Å². The SMILES string of the molecule is O=C(CCc1ncc(-c2ccc(F)cc2F)o1)NCc1ccc(-n2ccnc2)c(F)c1. The normalized spacial score (nSPS) is 10.9. The summed E-state index contributed by atoms with van der Waals surface area (Å²) in [6.07, 6.45) is 6.30. The molecule has 2 heterocycles. The molecule has 2 aromatic heterocycles. The van der Waals surface area contributed by atoms with Crippen LogP contribution in [-0.2, 0) is 17.8 Å². The predicted molar refractivity (Wildman–Crippen MR) is 106 cm³/mol. The van der Waals surface area contributed by atoms with Crippen LogP contribution in [-0.4, -0.2) is 20.4 Å². The summed E-state index contributed by atoms with van der Waals surface area (Å²) < 4.78 is 48.1. The van der Waals surface area contributed by atoms with E-state index in [1.807, 2.05) is 0 Å². The van der Waals surface area contributed by atoms with Crippen molar-refractivity contribution in [1.29, 1.82) is 0 Å². The number of amides is 1. The molecular weight excluding hydrogens is 409 g/mol. The van der Waals surface area contributed by atoms with Gasteiger partial charge >= 0.3 is 0 Å². The van der Waals surface area contributed by atoms with Crippen molar-refractivity contribution in [3.05, 3.63) is 90.2 Å². The quantitative estimate of drug-likeness (QED) is 0.481. The second kappa shape index (κ2) is 8.86. The highest BCUT2D eigenvalue weighted by Gasteiger charge is 2.13. The number of nitrogens with one attached hydrogen (secondary N) is 1. The third-order valence-electron chi connectivity index (χ3n) is 4.60. The van der Waals surface area contributed by atoms with Gasteiger partial charge < -0.3 is 14.3 Å². The molecule has 2 aromatic carbocycles. The van der Waals surface area contributed by atoms with E-state index in [1.54, 1.807) is 29.1 Å². The molecule has 0 saturated heterocycles. The Morgan fingerprint density at radius 1 is 1.10 bits per heavy atom. The zero-order valence-corrected chi connectivity index (χ0v) is 16.2. The van der Waals surface area contributed by atoms with Crippen LogP contribution in [0.5, 0.6) is 0 Å². The van der Waals surface area contributed by atoms with Crippen LogP contribution in [0.4, 0.5) is 13.2 Å². The van der Waals surface area contributed by atoms with Gasteiger partial charge in [0.15, 0.2) is 11.7 Å². The van der Waals surface area contributed by atoms with E-state index in [0.29, 0.717) is 11.3 Å². The first-order chi connectivity index (χ1) is 15.0. The zero-order valence-electron chi connectivity index (χ0n) is 16.2. The van der Waals surface area contributed by atoms with Crippen molar-refractivity contribution in [2.24, 2.45) is 0 Å². The molecule has 0 unspecified atom stereocenters. The van der Waals surface area contributed by atoms with Crippen LogP contribution < -0.4 is 5.32 Å². The van der Waals surface area contributed by atoms with Crippen LogP contribution in [0.15, 0.2) is 65.7 Å². The number of halogens is 3. The molecule has 6 nitrogen and oxygen atoms in total. The molecule has 4 rings (SSSR count). The van der Waals surface area contributed by atoms with Crippen molar-refractivity contribution >= 4 is 5.91 Å². The van der Waals surface area contributed by atoms with Gasteiger partial charge in [-0.25, -0.2) is 23.1 Å². The maximum absolute atomic E-state index is 14.3. The fourth-order valence-corrected chi connectivity index (χ4v) is 3.02. The topological polar surface area (TPSA) is 73.0 Å². The number of nitrogens with zero attached hydrogens (tertiary/aromatic N) is 3. The van der Waals surface area contributed by atoms with Gasteiger partial charge in [0.25, 0.3) is 0 Å². The fraction of sp³-hybridized carbons (Fsp3) is 0.136. The van der Waals surface area contributed by atoms with Crippen molar-refractivity contribution in [3.63, 3.8) is 0 Å². The Hall–Kier alpha value is -3.88. The molecule has 1 amide bonds. The number of aryl methyl sites for hydroxylation is 1. The molecule has 1 N–H and O–H groups in total. The minimum Gasteiger partial charge on any atom is -0.441 e. The minimum absolute atomic E-state index is 0.0848. The Morgan fingerprint density at radius 3 is 2.71 bits per heavy atom. The molecule has 4 aromatic rings. The number of rotatable bonds is 7. The summed E-state index contributed by atoms with van der Waals surface area (Å²) in [4.78, 5) is 20.0. The zero-order chi connectivity index (χ0) is 21.8. The van der Waals surface area contributed by atoms with Crippen molar-refractivity contribution < 1.29 is 22.4 Å². The number of benzene rings is 2. The highest BCUT2D eigenvalue weighted by Crippen LogP contribution is 2.24. The van der Waals surface area contributed by atoms with Gasteiger partial charge in [-0.2, -0.15) is 0 Å². The molecule has 9 heteroatoms. The molecule has 0 bridgehead atoms. The third kappa shape index (κ3) is 4.82. The number of carbonyl (C=O) groups is 1. The van der Waals surface area contributed by atoms with Crippen LogP contribution in [0.2, 0.25) is 0 Å². The minimum atomic E-state index is -0.758. The molecule has 0 saturated carbocycles. The maximum Gasteiger partial charge on any atom is 0.220 e. The van der Waals surface area contributed by atoms with E-state index in [-0.39, 0.29) is 42.5 Å². The second-order valence-corrected chi connectivity index (χ2v) is 6.77. The largest absolute Gasteiger partial charge is 0.441 e. The Morgan fingerprint density at radius 2 is 1.97 bits per heavy atom. The molecule has 31 heavy (non-hydrogen) atoms. The molecule has 0 radical (unpaired) electrons. The first-order valence-corrected chi connectivity index (χ1v) is 9.43. The predicted octanol–water partition coefficient (Wildman–Crippen LogP) is 4.19. The van der Waals surface area contributed by atoms with E-state index in [4.69, 9.17) is 4.42 Å². The first kappa shape index (κ1) is 20.4. The molecule has 0 aliphatic rings. The Labute approximate surface area is 175 Å². The molecule has 0 atom stereocenters.